The van der Waals surface area contributed by atoms with Crippen LogP contribution in [0.2, 0.25) is 0 Å². The maximum absolute atomic E-state index is 12.2. The molecule has 1 fully saturated rings. The Hall–Kier alpha value is -1.56. The molecular weight excluding hydrogens is 264 g/mol. The van der Waals surface area contributed by atoms with E-state index < -0.39 is 10.0 Å². The van der Waals surface area contributed by atoms with E-state index in [9.17, 15) is 8.42 Å². The van der Waals surface area contributed by atoms with E-state index in [1.807, 2.05) is 0 Å². The van der Waals surface area contributed by atoms with E-state index in [1.54, 1.807) is 30.3 Å². The van der Waals surface area contributed by atoms with Gasteiger partial charge < -0.3 is 0 Å². The van der Waals surface area contributed by atoms with Crippen molar-refractivity contribution in [3.63, 3.8) is 0 Å². The van der Waals surface area contributed by atoms with Crippen LogP contribution in [0, 0.1) is 0 Å². The molecule has 1 aliphatic carbocycles. The van der Waals surface area contributed by atoms with Gasteiger partial charge in [0.25, 0.3) is 0 Å². The number of hydrogen-bond acceptors (Lipinski definition) is 3. The second-order valence-electron chi connectivity index (χ2n) is 4.60. The van der Waals surface area contributed by atoms with Crippen molar-refractivity contribution < 1.29 is 8.42 Å². The summed E-state index contributed by atoms with van der Waals surface area (Å²) in [7, 11) is -3.54. The van der Waals surface area contributed by atoms with Gasteiger partial charge in [0.1, 0.15) is 0 Å². The lowest BCUT2D eigenvalue weighted by molar-refractivity contribution is 0.360. The number of rotatable bonds is 4. The van der Waals surface area contributed by atoms with Gasteiger partial charge in [-0.1, -0.05) is 36.2 Å². The number of sulfonamides is 1. The molecule has 7 heteroatoms. The molecule has 0 unspecified atom stereocenters. The molecule has 1 N–H and O–H groups in total. The van der Waals surface area contributed by atoms with E-state index >= 15 is 0 Å². The third-order valence-electron chi connectivity index (χ3n) is 3.29. The highest BCUT2D eigenvalue weighted by Gasteiger charge is 2.28. The van der Waals surface area contributed by atoms with Crippen LogP contribution in [-0.2, 0) is 10.0 Å². The van der Waals surface area contributed by atoms with Crippen molar-refractivity contribution >= 4 is 10.0 Å². The fourth-order valence-corrected chi connectivity index (χ4v) is 3.65. The third kappa shape index (κ3) is 3.47. The molecule has 1 saturated carbocycles. The lowest BCUT2D eigenvalue weighted by Crippen LogP contribution is -2.44. The average Bonchev–Trinajstić information content (AvgIpc) is 2.42. The van der Waals surface area contributed by atoms with Crippen LogP contribution < -0.4 is 4.72 Å². The highest BCUT2D eigenvalue weighted by Crippen LogP contribution is 2.23. The molecule has 0 amide bonds. The smallest absolute Gasteiger partial charge is 0.208 e. The van der Waals surface area contributed by atoms with Crippen LogP contribution in [-0.4, -0.2) is 20.5 Å². The van der Waals surface area contributed by atoms with Gasteiger partial charge in [-0.3, -0.25) is 0 Å². The molecule has 19 heavy (non-hydrogen) atoms. The van der Waals surface area contributed by atoms with Crippen LogP contribution in [0.4, 0.5) is 0 Å². The SMILES string of the molecule is [N-]=[N+]=N[C@H]1CCCC[C@@H]1NS(=O)(=O)c1ccccc1. The summed E-state index contributed by atoms with van der Waals surface area (Å²) in [5.41, 5.74) is 8.53. The topological polar surface area (TPSA) is 94.9 Å². The first-order valence-corrected chi connectivity index (χ1v) is 7.73. The Balaban J connectivity index is 2.17. The second kappa shape index (κ2) is 6.06. The van der Waals surface area contributed by atoms with E-state index in [1.165, 1.54) is 0 Å². The van der Waals surface area contributed by atoms with E-state index in [-0.39, 0.29) is 17.0 Å². The van der Waals surface area contributed by atoms with Crippen molar-refractivity contribution in [3.8, 4) is 0 Å². The first kappa shape index (κ1) is 13.9. The van der Waals surface area contributed by atoms with E-state index in [0.717, 1.165) is 19.3 Å². The van der Waals surface area contributed by atoms with Gasteiger partial charge in [-0.05, 0) is 30.5 Å². The summed E-state index contributed by atoms with van der Waals surface area (Å²) in [6.45, 7) is 0. The van der Waals surface area contributed by atoms with Gasteiger partial charge in [0.2, 0.25) is 10.0 Å². The number of nitrogens with one attached hydrogen (secondary N) is 1. The normalized spacial score (nSPS) is 23.6. The Morgan fingerprint density at radius 2 is 1.89 bits per heavy atom. The van der Waals surface area contributed by atoms with Crippen LogP contribution in [0.5, 0.6) is 0 Å². The third-order valence-corrected chi connectivity index (χ3v) is 4.80. The molecule has 0 spiro atoms. The minimum absolute atomic E-state index is 0.236. The molecule has 1 aromatic rings. The predicted molar refractivity (Wildman–Crippen MR) is 72.0 cm³/mol. The Kier molecular flexibility index (Phi) is 4.42. The van der Waals surface area contributed by atoms with Crippen LogP contribution in [0.15, 0.2) is 40.3 Å². The molecule has 102 valence electrons. The zero-order valence-corrected chi connectivity index (χ0v) is 11.3. The Morgan fingerprint density at radius 3 is 2.58 bits per heavy atom. The number of benzene rings is 1. The fourth-order valence-electron chi connectivity index (χ4n) is 2.32. The summed E-state index contributed by atoms with van der Waals surface area (Å²) in [6.07, 6.45) is 3.34. The van der Waals surface area contributed by atoms with Gasteiger partial charge in [-0.25, -0.2) is 13.1 Å². The average molecular weight is 280 g/mol. The molecule has 0 saturated heterocycles. The molecule has 1 aromatic carbocycles. The summed E-state index contributed by atoms with van der Waals surface area (Å²) < 4.78 is 27.1. The molecular formula is C12H16N4O2S. The van der Waals surface area contributed by atoms with Gasteiger partial charge >= 0.3 is 0 Å². The Morgan fingerprint density at radius 1 is 1.21 bits per heavy atom. The van der Waals surface area contributed by atoms with E-state index in [0.29, 0.717) is 6.42 Å². The monoisotopic (exact) mass is 280 g/mol. The molecule has 0 aliphatic heterocycles. The maximum atomic E-state index is 12.2. The van der Waals surface area contributed by atoms with Crippen molar-refractivity contribution in [3.05, 3.63) is 40.8 Å². The van der Waals surface area contributed by atoms with Crippen molar-refractivity contribution in [2.75, 3.05) is 0 Å². The lowest BCUT2D eigenvalue weighted by Gasteiger charge is -2.28. The van der Waals surface area contributed by atoms with Crippen molar-refractivity contribution in [2.24, 2.45) is 5.11 Å². The van der Waals surface area contributed by atoms with Crippen molar-refractivity contribution in [2.45, 2.75) is 42.7 Å². The molecule has 0 radical (unpaired) electrons. The first-order chi connectivity index (χ1) is 9.13. The largest absolute Gasteiger partial charge is 0.240 e. The van der Waals surface area contributed by atoms with Crippen LogP contribution in [0.1, 0.15) is 25.7 Å². The molecule has 2 atom stereocenters. The highest BCUT2D eigenvalue weighted by atomic mass is 32.2. The van der Waals surface area contributed by atoms with E-state index in [4.69, 9.17) is 5.53 Å². The zero-order chi connectivity index (χ0) is 13.7. The quantitative estimate of drug-likeness (QED) is 0.521. The van der Waals surface area contributed by atoms with Gasteiger partial charge in [0.05, 0.1) is 10.9 Å². The summed E-state index contributed by atoms with van der Waals surface area (Å²) in [6, 6.07) is 7.62. The molecule has 1 aliphatic rings. The molecule has 0 heterocycles. The molecule has 0 bridgehead atoms. The first-order valence-electron chi connectivity index (χ1n) is 6.25. The Bertz CT molecular complexity index is 567. The Labute approximate surface area is 112 Å². The minimum atomic E-state index is -3.54. The van der Waals surface area contributed by atoms with Crippen molar-refractivity contribution in [1.82, 2.24) is 4.72 Å². The van der Waals surface area contributed by atoms with Crippen molar-refractivity contribution in [1.29, 1.82) is 0 Å². The molecule has 0 aromatic heterocycles. The zero-order valence-electron chi connectivity index (χ0n) is 10.4. The summed E-state index contributed by atoms with van der Waals surface area (Å²) in [4.78, 5) is 3.04. The number of nitrogens with zero attached hydrogens (tertiary/aromatic N) is 3. The second-order valence-corrected chi connectivity index (χ2v) is 6.31. The number of azide groups is 1. The maximum Gasteiger partial charge on any atom is 0.240 e. The standard InChI is InChI=1S/C12H16N4O2S/c13-16-14-11-8-4-5-9-12(11)15-19(17,18)10-6-2-1-3-7-10/h1-3,6-7,11-12,15H,4-5,8-9H2/t11-,12-/m0/s1. The summed E-state index contributed by atoms with van der Waals surface area (Å²) >= 11 is 0. The van der Waals surface area contributed by atoms with Crippen LogP contribution >= 0.6 is 0 Å². The van der Waals surface area contributed by atoms with Gasteiger partial charge in [-0.2, -0.15) is 0 Å². The van der Waals surface area contributed by atoms with Crippen LogP contribution in [0.25, 0.3) is 10.4 Å². The van der Waals surface area contributed by atoms with Gasteiger partial charge in [0.15, 0.2) is 0 Å². The fraction of sp³-hybridized carbons (Fsp3) is 0.500. The minimum Gasteiger partial charge on any atom is -0.208 e. The molecule has 6 nitrogen and oxygen atoms in total. The van der Waals surface area contributed by atoms with Crippen LogP contribution in [0.3, 0.4) is 0 Å². The number of hydrogen-bond donors (Lipinski definition) is 1. The molecule has 2 rings (SSSR count). The lowest BCUT2D eigenvalue weighted by atomic mass is 9.92. The van der Waals surface area contributed by atoms with Gasteiger partial charge in [-0.15, -0.1) is 0 Å². The highest BCUT2D eigenvalue weighted by molar-refractivity contribution is 7.89. The summed E-state index contributed by atoms with van der Waals surface area (Å²) in [5.74, 6) is 0. The van der Waals surface area contributed by atoms with E-state index in [2.05, 4.69) is 14.7 Å². The summed E-state index contributed by atoms with van der Waals surface area (Å²) in [5, 5.41) is 3.70. The predicted octanol–water partition coefficient (Wildman–Crippen LogP) is 2.59. The van der Waals surface area contributed by atoms with Gasteiger partial charge in [0, 0.05) is 11.0 Å².